The summed E-state index contributed by atoms with van der Waals surface area (Å²) in [7, 11) is 2.90. The second-order valence-electron chi connectivity index (χ2n) is 4.74. The summed E-state index contributed by atoms with van der Waals surface area (Å²) < 4.78 is 10.1. The molecule has 0 unspecified atom stereocenters. The number of fused-ring (bicyclic) bond motifs is 1. The zero-order valence-electron chi connectivity index (χ0n) is 12.7. The summed E-state index contributed by atoms with van der Waals surface area (Å²) in [5, 5.41) is 3.87. The van der Waals surface area contributed by atoms with Gasteiger partial charge in [-0.3, -0.25) is 0 Å². The molecule has 3 rings (SSSR count). The summed E-state index contributed by atoms with van der Waals surface area (Å²) in [6, 6.07) is 14.6. The van der Waals surface area contributed by atoms with Crippen LogP contribution in [0.3, 0.4) is 0 Å². The van der Waals surface area contributed by atoms with Crippen LogP contribution >= 0.6 is 0 Å². The summed E-state index contributed by atoms with van der Waals surface area (Å²) in [6.07, 6.45) is 0. The maximum absolute atomic E-state index is 11.8. The second-order valence-corrected chi connectivity index (χ2v) is 4.74. The highest BCUT2D eigenvalue weighted by Crippen LogP contribution is 2.26. The van der Waals surface area contributed by atoms with Gasteiger partial charge in [0, 0.05) is 0 Å². The Morgan fingerprint density at radius 3 is 2.52 bits per heavy atom. The molecule has 2 aromatic carbocycles. The smallest absolute Gasteiger partial charge is 0.339 e. The molecule has 0 bridgehead atoms. The summed E-state index contributed by atoms with van der Waals surface area (Å²) in [4.78, 5) is 20.6. The topological polar surface area (TPSA) is 73.3 Å². The van der Waals surface area contributed by atoms with Gasteiger partial charge in [0.05, 0.1) is 36.4 Å². The van der Waals surface area contributed by atoms with Crippen molar-refractivity contribution >= 4 is 28.5 Å². The molecule has 1 N–H and O–H groups in total. The summed E-state index contributed by atoms with van der Waals surface area (Å²) in [5.74, 6) is 0.381. The number of hydrogen-bond donors (Lipinski definition) is 1. The first kappa shape index (κ1) is 14.8. The molecule has 1 aromatic heterocycles. The Bertz CT molecular complexity index is 865. The number of esters is 1. The number of methoxy groups -OCH3 is 2. The third-order valence-corrected chi connectivity index (χ3v) is 3.34. The van der Waals surface area contributed by atoms with Gasteiger partial charge in [-0.05, 0) is 24.3 Å². The van der Waals surface area contributed by atoms with Crippen molar-refractivity contribution in [2.75, 3.05) is 19.5 Å². The number of aromatic nitrogens is 2. The number of nitrogens with zero attached hydrogens (tertiary/aromatic N) is 2. The van der Waals surface area contributed by atoms with Gasteiger partial charge in [0.2, 0.25) is 11.8 Å². The number of anilines is 2. The average Bonchev–Trinajstić information content (AvgIpc) is 2.60. The van der Waals surface area contributed by atoms with Crippen molar-refractivity contribution in [3.05, 3.63) is 54.1 Å². The van der Waals surface area contributed by atoms with Crippen LogP contribution in [0.25, 0.3) is 10.9 Å². The molecule has 0 aliphatic heterocycles. The SMILES string of the molecule is COC(=O)c1ccccc1Nc1nc(OC)c2ccccc2n1. The van der Waals surface area contributed by atoms with Crippen molar-refractivity contribution in [2.24, 2.45) is 0 Å². The number of rotatable bonds is 4. The fraction of sp³-hybridized carbons (Fsp3) is 0.118. The number of benzene rings is 2. The molecule has 0 amide bonds. The minimum atomic E-state index is -0.430. The fourth-order valence-electron chi connectivity index (χ4n) is 2.26. The molecule has 0 spiro atoms. The molecule has 3 aromatic rings. The van der Waals surface area contributed by atoms with E-state index in [2.05, 4.69) is 15.3 Å². The largest absolute Gasteiger partial charge is 0.480 e. The molecular formula is C17H15N3O3. The predicted octanol–water partition coefficient (Wildman–Crippen LogP) is 3.17. The second kappa shape index (κ2) is 6.31. The van der Waals surface area contributed by atoms with Crippen LogP contribution < -0.4 is 10.1 Å². The van der Waals surface area contributed by atoms with Crippen LogP contribution in [0.1, 0.15) is 10.4 Å². The average molecular weight is 309 g/mol. The number of carbonyl (C=O) groups excluding carboxylic acids is 1. The molecule has 0 aliphatic rings. The number of ether oxygens (including phenoxy) is 2. The lowest BCUT2D eigenvalue weighted by Gasteiger charge is -2.11. The molecule has 0 saturated carbocycles. The zero-order chi connectivity index (χ0) is 16.2. The first-order valence-corrected chi connectivity index (χ1v) is 6.98. The quantitative estimate of drug-likeness (QED) is 0.746. The highest BCUT2D eigenvalue weighted by atomic mass is 16.5. The maximum atomic E-state index is 11.8. The molecule has 0 atom stereocenters. The molecule has 1 heterocycles. The van der Waals surface area contributed by atoms with Gasteiger partial charge in [-0.25, -0.2) is 9.78 Å². The van der Waals surface area contributed by atoms with E-state index in [9.17, 15) is 4.79 Å². The molecular weight excluding hydrogens is 294 g/mol. The third kappa shape index (κ3) is 2.91. The monoisotopic (exact) mass is 309 g/mol. The molecule has 116 valence electrons. The highest BCUT2D eigenvalue weighted by molar-refractivity contribution is 5.96. The highest BCUT2D eigenvalue weighted by Gasteiger charge is 2.13. The van der Waals surface area contributed by atoms with Crippen LogP contribution in [0, 0.1) is 0 Å². The van der Waals surface area contributed by atoms with Gasteiger partial charge >= 0.3 is 5.97 Å². The lowest BCUT2D eigenvalue weighted by atomic mass is 10.2. The Hall–Kier alpha value is -3.15. The number of nitrogens with one attached hydrogen (secondary N) is 1. The van der Waals surface area contributed by atoms with Gasteiger partial charge in [-0.1, -0.05) is 24.3 Å². The van der Waals surface area contributed by atoms with Crippen LogP contribution in [-0.2, 0) is 4.74 Å². The summed E-state index contributed by atoms with van der Waals surface area (Å²) in [5.41, 5.74) is 1.72. The van der Waals surface area contributed by atoms with Crippen LogP contribution in [0.15, 0.2) is 48.5 Å². The van der Waals surface area contributed by atoms with E-state index in [1.807, 2.05) is 30.3 Å². The number of carbonyl (C=O) groups is 1. The van der Waals surface area contributed by atoms with E-state index < -0.39 is 5.97 Å². The molecule has 0 saturated heterocycles. The van der Waals surface area contributed by atoms with Crippen molar-refractivity contribution in [3.8, 4) is 5.88 Å². The van der Waals surface area contributed by atoms with Gasteiger partial charge in [0.15, 0.2) is 0 Å². The fourth-order valence-corrected chi connectivity index (χ4v) is 2.26. The Labute approximate surface area is 133 Å². The van der Waals surface area contributed by atoms with Crippen LogP contribution in [0.2, 0.25) is 0 Å². The normalized spacial score (nSPS) is 10.3. The van der Waals surface area contributed by atoms with Gasteiger partial charge in [-0.15, -0.1) is 0 Å². The van der Waals surface area contributed by atoms with E-state index in [1.165, 1.54) is 7.11 Å². The number of para-hydroxylation sites is 2. The van der Waals surface area contributed by atoms with E-state index in [4.69, 9.17) is 9.47 Å². The Balaban J connectivity index is 2.04. The molecule has 6 heteroatoms. The van der Waals surface area contributed by atoms with E-state index >= 15 is 0 Å². The first-order valence-electron chi connectivity index (χ1n) is 6.98. The predicted molar refractivity (Wildman–Crippen MR) is 87.2 cm³/mol. The molecule has 0 aliphatic carbocycles. The number of hydrogen-bond acceptors (Lipinski definition) is 6. The zero-order valence-corrected chi connectivity index (χ0v) is 12.7. The Morgan fingerprint density at radius 1 is 1.00 bits per heavy atom. The van der Waals surface area contributed by atoms with Crippen molar-refractivity contribution in [1.29, 1.82) is 0 Å². The lowest BCUT2D eigenvalue weighted by molar-refractivity contribution is 0.0602. The summed E-state index contributed by atoms with van der Waals surface area (Å²) >= 11 is 0. The minimum absolute atomic E-state index is 0.344. The Morgan fingerprint density at radius 2 is 1.74 bits per heavy atom. The van der Waals surface area contributed by atoms with Gasteiger partial charge in [0.1, 0.15) is 0 Å². The van der Waals surface area contributed by atoms with Crippen LogP contribution in [0.5, 0.6) is 5.88 Å². The van der Waals surface area contributed by atoms with E-state index in [-0.39, 0.29) is 0 Å². The minimum Gasteiger partial charge on any atom is -0.480 e. The van der Waals surface area contributed by atoms with Crippen LogP contribution in [-0.4, -0.2) is 30.2 Å². The first-order chi connectivity index (χ1) is 11.2. The van der Waals surface area contributed by atoms with Crippen molar-refractivity contribution < 1.29 is 14.3 Å². The third-order valence-electron chi connectivity index (χ3n) is 3.34. The van der Waals surface area contributed by atoms with Gasteiger partial charge in [-0.2, -0.15) is 4.98 Å². The lowest BCUT2D eigenvalue weighted by Crippen LogP contribution is -2.07. The van der Waals surface area contributed by atoms with E-state index in [0.717, 1.165) is 10.9 Å². The molecule has 0 fully saturated rings. The van der Waals surface area contributed by atoms with Crippen molar-refractivity contribution in [3.63, 3.8) is 0 Å². The van der Waals surface area contributed by atoms with Gasteiger partial charge in [0.25, 0.3) is 0 Å². The summed E-state index contributed by atoms with van der Waals surface area (Å²) in [6.45, 7) is 0. The van der Waals surface area contributed by atoms with Crippen LogP contribution in [0.4, 0.5) is 11.6 Å². The standard InChI is InChI=1S/C17H15N3O3/c1-22-15-11-7-3-5-9-13(11)18-17(20-15)19-14-10-6-4-8-12(14)16(21)23-2/h3-10H,1-2H3,(H,18,19,20). The Kier molecular flexibility index (Phi) is 4.05. The maximum Gasteiger partial charge on any atom is 0.339 e. The van der Waals surface area contributed by atoms with E-state index in [1.54, 1.807) is 25.3 Å². The van der Waals surface area contributed by atoms with Crippen molar-refractivity contribution in [2.45, 2.75) is 0 Å². The molecule has 0 radical (unpaired) electrons. The molecule has 23 heavy (non-hydrogen) atoms. The van der Waals surface area contributed by atoms with Crippen molar-refractivity contribution in [1.82, 2.24) is 9.97 Å². The molecule has 6 nitrogen and oxygen atoms in total. The van der Waals surface area contributed by atoms with E-state index in [0.29, 0.717) is 23.1 Å². The van der Waals surface area contributed by atoms with Gasteiger partial charge < -0.3 is 14.8 Å².